The maximum Gasteiger partial charge on any atom is -0.0113 e. The van der Waals surface area contributed by atoms with Gasteiger partial charge in [0.25, 0.3) is 0 Å². The SMILES string of the molecule is CC1CCC2=C(C1)C(C)(C)[C@H](C)[C@@H](C)C2(C)C. The van der Waals surface area contributed by atoms with Gasteiger partial charge in [0, 0.05) is 0 Å². The zero-order valence-electron chi connectivity index (χ0n) is 12.9. The van der Waals surface area contributed by atoms with E-state index in [0.717, 1.165) is 17.8 Å². The average Bonchev–Trinajstić information content (AvgIpc) is 2.25. The van der Waals surface area contributed by atoms with Crippen molar-refractivity contribution in [2.45, 2.75) is 67.7 Å². The van der Waals surface area contributed by atoms with E-state index in [4.69, 9.17) is 0 Å². The third kappa shape index (κ3) is 1.79. The van der Waals surface area contributed by atoms with E-state index in [9.17, 15) is 0 Å². The molecule has 98 valence electrons. The van der Waals surface area contributed by atoms with Crippen LogP contribution in [-0.4, -0.2) is 0 Å². The first-order valence-electron chi connectivity index (χ1n) is 7.42. The van der Waals surface area contributed by atoms with Crippen molar-refractivity contribution in [3.05, 3.63) is 11.1 Å². The molecule has 1 unspecified atom stereocenters. The normalized spacial score (nSPS) is 40.1. The molecule has 3 atom stereocenters. The van der Waals surface area contributed by atoms with Crippen LogP contribution in [0.5, 0.6) is 0 Å². The minimum Gasteiger partial charge on any atom is -0.0645 e. The van der Waals surface area contributed by atoms with Gasteiger partial charge in [-0.2, -0.15) is 0 Å². The lowest BCUT2D eigenvalue weighted by molar-refractivity contribution is 0.0764. The van der Waals surface area contributed by atoms with E-state index in [2.05, 4.69) is 48.5 Å². The Balaban J connectivity index is 2.55. The molecule has 2 aliphatic carbocycles. The highest BCUT2D eigenvalue weighted by molar-refractivity contribution is 5.33. The molecule has 0 fully saturated rings. The van der Waals surface area contributed by atoms with Crippen LogP contribution >= 0.6 is 0 Å². The third-order valence-electron chi connectivity index (χ3n) is 6.39. The van der Waals surface area contributed by atoms with Crippen molar-refractivity contribution in [3.8, 4) is 0 Å². The van der Waals surface area contributed by atoms with Crippen molar-refractivity contribution >= 4 is 0 Å². The van der Waals surface area contributed by atoms with Crippen LogP contribution in [0.1, 0.15) is 67.7 Å². The summed E-state index contributed by atoms with van der Waals surface area (Å²) >= 11 is 0. The predicted octanol–water partition coefficient (Wildman–Crippen LogP) is 5.44. The molecule has 0 heteroatoms. The Morgan fingerprint density at radius 3 is 1.82 bits per heavy atom. The fraction of sp³-hybridized carbons (Fsp3) is 0.882. The Morgan fingerprint density at radius 1 is 0.824 bits per heavy atom. The molecule has 17 heavy (non-hydrogen) atoms. The van der Waals surface area contributed by atoms with E-state index in [0.29, 0.717) is 10.8 Å². The maximum atomic E-state index is 2.48. The molecule has 0 bridgehead atoms. The summed E-state index contributed by atoms with van der Waals surface area (Å²) in [6.45, 7) is 17.3. The van der Waals surface area contributed by atoms with Gasteiger partial charge < -0.3 is 0 Å². The first-order chi connectivity index (χ1) is 7.69. The molecule has 0 aromatic heterocycles. The van der Waals surface area contributed by atoms with Crippen LogP contribution in [0, 0.1) is 28.6 Å². The van der Waals surface area contributed by atoms with Crippen LogP contribution in [0.3, 0.4) is 0 Å². The lowest BCUT2D eigenvalue weighted by Crippen LogP contribution is -2.45. The van der Waals surface area contributed by atoms with Crippen molar-refractivity contribution in [2.75, 3.05) is 0 Å². The van der Waals surface area contributed by atoms with Crippen molar-refractivity contribution in [1.82, 2.24) is 0 Å². The van der Waals surface area contributed by atoms with Crippen LogP contribution in [0.25, 0.3) is 0 Å². The van der Waals surface area contributed by atoms with Crippen molar-refractivity contribution in [1.29, 1.82) is 0 Å². The molecule has 0 nitrogen and oxygen atoms in total. The van der Waals surface area contributed by atoms with Gasteiger partial charge in [0.1, 0.15) is 0 Å². The summed E-state index contributed by atoms with van der Waals surface area (Å²) in [5.41, 5.74) is 4.46. The van der Waals surface area contributed by atoms with Crippen LogP contribution in [0.2, 0.25) is 0 Å². The summed E-state index contributed by atoms with van der Waals surface area (Å²) in [5.74, 6) is 2.48. The second-order valence-corrected chi connectivity index (χ2v) is 7.83. The fourth-order valence-electron chi connectivity index (χ4n) is 4.28. The molecule has 0 radical (unpaired) electrons. The van der Waals surface area contributed by atoms with Gasteiger partial charge in [0.2, 0.25) is 0 Å². The summed E-state index contributed by atoms with van der Waals surface area (Å²) in [7, 11) is 0. The van der Waals surface area contributed by atoms with Crippen LogP contribution in [-0.2, 0) is 0 Å². The standard InChI is InChI=1S/C17H30/c1-11-8-9-14-15(10-11)17(6,7)13(3)12(2)16(14,4)5/h11-13H,8-10H2,1-7H3/t11?,12-,13-/m1/s1. The van der Waals surface area contributed by atoms with Crippen molar-refractivity contribution < 1.29 is 0 Å². The van der Waals surface area contributed by atoms with E-state index >= 15 is 0 Å². The first kappa shape index (κ1) is 13.2. The predicted molar refractivity (Wildman–Crippen MR) is 75.9 cm³/mol. The maximum absolute atomic E-state index is 2.48. The van der Waals surface area contributed by atoms with Gasteiger partial charge in [-0.15, -0.1) is 0 Å². The van der Waals surface area contributed by atoms with Gasteiger partial charge in [0.15, 0.2) is 0 Å². The van der Waals surface area contributed by atoms with Crippen LogP contribution in [0.15, 0.2) is 11.1 Å². The van der Waals surface area contributed by atoms with E-state index in [-0.39, 0.29) is 0 Å². The van der Waals surface area contributed by atoms with Gasteiger partial charge in [-0.1, -0.05) is 59.6 Å². The molecule has 2 rings (SSSR count). The smallest absolute Gasteiger partial charge is 0.0113 e. The van der Waals surface area contributed by atoms with Crippen LogP contribution in [0.4, 0.5) is 0 Å². The Bertz CT molecular complexity index is 343. The topological polar surface area (TPSA) is 0 Å². The third-order valence-corrected chi connectivity index (χ3v) is 6.39. The highest BCUT2D eigenvalue weighted by Crippen LogP contribution is 2.59. The zero-order valence-corrected chi connectivity index (χ0v) is 12.9. The zero-order chi connectivity index (χ0) is 13.0. The molecule has 0 amide bonds. The van der Waals surface area contributed by atoms with Gasteiger partial charge in [-0.05, 0) is 47.8 Å². The quantitative estimate of drug-likeness (QED) is 0.489. The Hall–Kier alpha value is -0.260. The van der Waals surface area contributed by atoms with E-state index in [1.807, 2.05) is 11.1 Å². The van der Waals surface area contributed by atoms with Crippen LogP contribution < -0.4 is 0 Å². The van der Waals surface area contributed by atoms with E-state index in [1.54, 1.807) is 0 Å². The lowest BCUT2D eigenvalue weighted by atomic mass is 9.50. The summed E-state index contributed by atoms with van der Waals surface area (Å²) < 4.78 is 0. The first-order valence-corrected chi connectivity index (χ1v) is 7.42. The molecule has 0 N–H and O–H groups in total. The Labute approximate surface area is 108 Å². The Morgan fingerprint density at radius 2 is 1.29 bits per heavy atom. The van der Waals surface area contributed by atoms with Gasteiger partial charge >= 0.3 is 0 Å². The molecule has 0 saturated heterocycles. The molecule has 0 saturated carbocycles. The largest absolute Gasteiger partial charge is 0.0645 e. The highest BCUT2D eigenvalue weighted by Gasteiger charge is 2.48. The summed E-state index contributed by atoms with van der Waals surface area (Å²) in [5, 5.41) is 0. The molecule has 0 heterocycles. The molecule has 0 spiro atoms. The van der Waals surface area contributed by atoms with Crippen molar-refractivity contribution in [3.63, 3.8) is 0 Å². The number of rotatable bonds is 0. The lowest BCUT2D eigenvalue weighted by Gasteiger charge is -2.54. The van der Waals surface area contributed by atoms with E-state index in [1.165, 1.54) is 19.3 Å². The number of hydrogen-bond acceptors (Lipinski definition) is 0. The molecular weight excluding hydrogens is 204 g/mol. The minimum absolute atomic E-state index is 0.416. The number of hydrogen-bond donors (Lipinski definition) is 0. The fourth-order valence-corrected chi connectivity index (χ4v) is 4.28. The molecule has 0 aromatic carbocycles. The molecule has 0 aromatic rings. The second kappa shape index (κ2) is 3.87. The van der Waals surface area contributed by atoms with E-state index < -0.39 is 0 Å². The molecule has 0 aliphatic heterocycles. The monoisotopic (exact) mass is 234 g/mol. The minimum atomic E-state index is 0.416. The van der Waals surface area contributed by atoms with Gasteiger partial charge in [-0.3, -0.25) is 0 Å². The summed E-state index contributed by atoms with van der Waals surface area (Å²) in [6, 6.07) is 0. The van der Waals surface area contributed by atoms with Gasteiger partial charge in [-0.25, -0.2) is 0 Å². The van der Waals surface area contributed by atoms with Gasteiger partial charge in [0.05, 0.1) is 0 Å². The number of allylic oxidation sites excluding steroid dienone is 2. The second-order valence-electron chi connectivity index (χ2n) is 7.83. The molecule has 2 aliphatic rings. The summed E-state index contributed by atoms with van der Waals surface area (Å²) in [4.78, 5) is 0. The summed E-state index contributed by atoms with van der Waals surface area (Å²) in [6.07, 6.45) is 4.10. The highest BCUT2D eigenvalue weighted by atomic mass is 14.5. The average molecular weight is 234 g/mol. The van der Waals surface area contributed by atoms with Crippen molar-refractivity contribution in [2.24, 2.45) is 28.6 Å². The molecular formula is C17H30. The Kier molecular flexibility index (Phi) is 3.00.